The lowest BCUT2D eigenvalue weighted by Gasteiger charge is -2.07. The van der Waals surface area contributed by atoms with Gasteiger partial charge in [-0.2, -0.15) is 0 Å². The number of phenols is 1. The summed E-state index contributed by atoms with van der Waals surface area (Å²) < 4.78 is 0. The maximum Gasteiger partial charge on any atom is 0.270 e. The summed E-state index contributed by atoms with van der Waals surface area (Å²) in [5.41, 5.74) is 0.987. The van der Waals surface area contributed by atoms with E-state index in [1.165, 1.54) is 18.2 Å². The Labute approximate surface area is 113 Å². The fourth-order valence-corrected chi connectivity index (χ4v) is 2.03. The number of non-ortho nitro benzene ring substituents is 1. The Kier molecular flexibility index (Phi) is 3.41. The van der Waals surface area contributed by atoms with Crippen LogP contribution in [0.2, 0.25) is 10.0 Å². The van der Waals surface area contributed by atoms with E-state index in [2.05, 4.69) is 0 Å². The molecule has 2 rings (SSSR count). The molecule has 0 heterocycles. The molecule has 6 heteroatoms. The van der Waals surface area contributed by atoms with Crippen LogP contribution in [-0.4, -0.2) is 10.0 Å². The monoisotopic (exact) mass is 283 g/mol. The number of hydrogen-bond acceptors (Lipinski definition) is 3. The van der Waals surface area contributed by atoms with E-state index in [0.717, 1.165) is 0 Å². The number of rotatable bonds is 2. The summed E-state index contributed by atoms with van der Waals surface area (Å²) in [6.07, 6.45) is 0. The van der Waals surface area contributed by atoms with E-state index in [9.17, 15) is 15.2 Å². The predicted octanol–water partition coefficient (Wildman–Crippen LogP) is 4.27. The van der Waals surface area contributed by atoms with Crippen molar-refractivity contribution < 1.29 is 10.0 Å². The second-order valence-corrected chi connectivity index (χ2v) is 4.35. The Balaban J connectivity index is 2.59. The normalized spacial score (nSPS) is 10.3. The van der Waals surface area contributed by atoms with E-state index in [1.807, 2.05) is 0 Å². The molecule has 18 heavy (non-hydrogen) atoms. The molecule has 0 radical (unpaired) electrons. The molecule has 2 aromatic carbocycles. The van der Waals surface area contributed by atoms with Crippen LogP contribution in [0.15, 0.2) is 36.4 Å². The van der Waals surface area contributed by atoms with Crippen LogP contribution in [0.1, 0.15) is 0 Å². The minimum atomic E-state index is -0.493. The van der Waals surface area contributed by atoms with Crippen molar-refractivity contribution in [3.05, 3.63) is 56.6 Å². The van der Waals surface area contributed by atoms with Gasteiger partial charge in [-0.15, -0.1) is 0 Å². The second kappa shape index (κ2) is 4.84. The first-order valence-electron chi connectivity index (χ1n) is 4.92. The van der Waals surface area contributed by atoms with Gasteiger partial charge in [-0.1, -0.05) is 41.4 Å². The zero-order valence-electron chi connectivity index (χ0n) is 8.93. The van der Waals surface area contributed by atoms with Crippen molar-refractivity contribution >= 4 is 28.9 Å². The van der Waals surface area contributed by atoms with Gasteiger partial charge in [0.1, 0.15) is 0 Å². The molecule has 0 fully saturated rings. The first kappa shape index (κ1) is 12.7. The Hall–Kier alpha value is -1.78. The highest BCUT2D eigenvalue weighted by atomic mass is 35.5. The fraction of sp³-hybridized carbons (Fsp3) is 0. The molecule has 0 atom stereocenters. The van der Waals surface area contributed by atoms with Crippen LogP contribution >= 0.6 is 23.2 Å². The summed E-state index contributed by atoms with van der Waals surface area (Å²) >= 11 is 11.7. The minimum absolute atomic E-state index is 0.0435. The molecule has 0 aliphatic rings. The van der Waals surface area contributed by atoms with Crippen LogP contribution in [0.3, 0.4) is 0 Å². The Morgan fingerprint density at radius 1 is 1.17 bits per heavy atom. The molecule has 2 aromatic rings. The summed E-state index contributed by atoms with van der Waals surface area (Å²) in [6, 6.07) is 9.07. The number of aromatic hydroxyl groups is 1. The lowest BCUT2D eigenvalue weighted by atomic mass is 10.0. The molecule has 1 N–H and O–H groups in total. The van der Waals surface area contributed by atoms with Gasteiger partial charge in [-0.3, -0.25) is 10.1 Å². The summed E-state index contributed by atoms with van der Waals surface area (Å²) in [5.74, 6) is -0.234. The molecular weight excluding hydrogens is 277 g/mol. The van der Waals surface area contributed by atoms with Crippen molar-refractivity contribution in [1.29, 1.82) is 0 Å². The molecule has 0 aromatic heterocycles. The first-order chi connectivity index (χ1) is 8.50. The SMILES string of the molecule is O=[N+]([O-])c1cccc(-c2ccc(Cl)c(O)c2Cl)c1. The number of phenolic OH excluding ortho intramolecular Hbond substituents is 1. The van der Waals surface area contributed by atoms with E-state index in [1.54, 1.807) is 18.2 Å². The van der Waals surface area contributed by atoms with Gasteiger partial charge in [-0.25, -0.2) is 0 Å². The molecule has 92 valence electrons. The predicted molar refractivity (Wildman–Crippen MR) is 70.2 cm³/mol. The van der Waals surface area contributed by atoms with Gasteiger partial charge in [0.05, 0.1) is 15.0 Å². The molecule has 0 unspecified atom stereocenters. The topological polar surface area (TPSA) is 63.4 Å². The summed E-state index contributed by atoms with van der Waals surface area (Å²) in [4.78, 5) is 10.2. The highest BCUT2D eigenvalue weighted by molar-refractivity contribution is 6.38. The van der Waals surface area contributed by atoms with Crippen LogP contribution in [0.5, 0.6) is 5.75 Å². The van der Waals surface area contributed by atoms with Crippen LogP contribution < -0.4 is 0 Å². The van der Waals surface area contributed by atoms with E-state index in [-0.39, 0.29) is 21.5 Å². The third-order valence-corrected chi connectivity index (χ3v) is 3.12. The van der Waals surface area contributed by atoms with Crippen molar-refractivity contribution in [2.45, 2.75) is 0 Å². The molecule has 0 aliphatic carbocycles. The maximum atomic E-state index is 10.7. The Bertz CT molecular complexity index is 629. The number of hydrogen-bond donors (Lipinski definition) is 1. The number of nitrogens with zero attached hydrogens (tertiary/aromatic N) is 1. The van der Waals surface area contributed by atoms with Gasteiger partial charge in [0.2, 0.25) is 0 Å². The van der Waals surface area contributed by atoms with Gasteiger partial charge in [0, 0.05) is 17.7 Å². The first-order valence-corrected chi connectivity index (χ1v) is 5.68. The largest absolute Gasteiger partial charge is 0.505 e. The second-order valence-electron chi connectivity index (χ2n) is 3.56. The molecule has 0 spiro atoms. The highest BCUT2D eigenvalue weighted by Crippen LogP contribution is 2.39. The lowest BCUT2D eigenvalue weighted by Crippen LogP contribution is -1.88. The van der Waals surface area contributed by atoms with Gasteiger partial charge in [0.15, 0.2) is 5.75 Å². The zero-order chi connectivity index (χ0) is 13.3. The third-order valence-electron chi connectivity index (χ3n) is 2.43. The number of benzene rings is 2. The quantitative estimate of drug-likeness (QED) is 0.661. The average molecular weight is 284 g/mol. The average Bonchev–Trinajstić information content (AvgIpc) is 2.36. The Morgan fingerprint density at radius 3 is 2.56 bits per heavy atom. The smallest absolute Gasteiger partial charge is 0.270 e. The van der Waals surface area contributed by atoms with Gasteiger partial charge >= 0.3 is 0 Å². The third kappa shape index (κ3) is 2.25. The van der Waals surface area contributed by atoms with Crippen LogP contribution in [0, 0.1) is 10.1 Å². The maximum absolute atomic E-state index is 10.7. The van der Waals surface area contributed by atoms with E-state index >= 15 is 0 Å². The van der Waals surface area contributed by atoms with Crippen molar-refractivity contribution in [1.82, 2.24) is 0 Å². The van der Waals surface area contributed by atoms with E-state index < -0.39 is 4.92 Å². The highest BCUT2D eigenvalue weighted by Gasteiger charge is 2.13. The van der Waals surface area contributed by atoms with Crippen LogP contribution in [0.4, 0.5) is 5.69 Å². The van der Waals surface area contributed by atoms with Gasteiger partial charge in [0.25, 0.3) is 5.69 Å². The summed E-state index contributed by atoms with van der Waals surface area (Å²) in [6.45, 7) is 0. The van der Waals surface area contributed by atoms with Gasteiger partial charge < -0.3 is 5.11 Å². The number of nitro groups is 1. The molecular formula is C12H7Cl2NO3. The van der Waals surface area contributed by atoms with Crippen LogP contribution in [0.25, 0.3) is 11.1 Å². The van der Waals surface area contributed by atoms with Gasteiger partial charge in [-0.05, 0) is 11.6 Å². The number of halogens is 2. The molecule has 0 aliphatic heterocycles. The van der Waals surface area contributed by atoms with Crippen LogP contribution in [-0.2, 0) is 0 Å². The molecule has 0 amide bonds. The molecule has 4 nitrogen and oxygen atoms in total. The zero-order valence-corrected chi connectivity index (χ0v) is 10.4. The molecule has 0 saturated carbocycles. The van der Waals surface area contributed by atoms with Crippen molar-refractivity contribution in [3.63, 3.8) is 0 Å². The van der Waals surface area contributed by atoms with E-state index in [4.69, 9.17) is 23.2 Å². The lowest BCUT2D eigenvalue weighted by molar-refractivity contribution is -0.384. The summed E-state index contributed by atoms with van der Waals surface area (Å²) in [7, 11) is 0. The fourth-order valence-electron chi connectivity index (χ4n) is 1.55. The summed E-state index contributed by atoms with van der Waals surface area (Å²) in [5, 5.41) is 20.5. The van der Waals surface area contributed by atoms with E-state index in [0.29, 0.717) is 11.1 Å². The number of nitro benzene ring substituents is 1. The Morgan fingerprint density at radius 2 is 1.89 bits per heavy atom. The molecule has 0 bridgehead atoms. The standard InChI is InChI=1S/C12H7Cl2NO3/c13-10-5-4-9(11(14)12(10)16)7-2-1-3-8(6-7)15(17)18/h1-6,16H. The van der Waals surface area contributed by atoms with Crippen molar-refractivity contribution in [2.24, 2.45) is 0 Å². The minimum Gasteiger partial charge on any atom is -0.505 e. The molecule has 0 saturated heterocycles. The van der Waals surface area contributed by atoms with Crippen molar-refractivity contribution in [2.75, 3.05) is 0 Å². The van der Waals surface area contributed by atoms with Crippen molar-refractivity contribution in [3.8, 4) is 16.9 Å².